The molecule has 0 saturated heterocycles. The molecule has 3 aliphatic rings. The molecule has 3 aliphatic carbocycles. The minimum atomic E-state index is -1.53. The highest BCUT2D eigenvalue weighted by atomic mass is 16.4. The Morgan fingerprint density at radius 3 is 1.21 bits per heavy atom. The number of aliphatic carboxylic acids is 1. The van der Waals surface area contributed by atoms with Crippen LogP contribution in [-0.2, 0) is 73.6 Å². The second-order valence-corrected chi connectivity index (χ2v) is 27.2. The van der Waals surface area contributed by atoms with Gasteiger partial charge >= 0.3 is 5.97 Å². The molecule has 25 heteroatoms. The number of carbonyl (C=O) groups excluding carboxylic acids is 9. The summed E-state index contributed by atoms with van der Waals surface area (Å²) in [5.41, 5.74) is 25.3. The number of carboxylic acids is 1. The van der Waals surface area contributed by atoms with E-state index in [4.69, 9.17) is 22.9 Å². The first-order valence-corrected chi connectivity index (χ1v) is 36.0. The Morgan fingerprint density at radius 1 is 0.400 bits per heavy atom. The number of carboxylic acid groups (broad SMARTS) is 1. The van der Waals surface area contributed by atoms with Gasteiger partial charge in [-0.15, -0.1) is 0 Å². The number of nitrogens with two attached hydrogens (primary N) is 4. The number of carbonyl (C=O) groups is 10. The van der Waals surface area contributed by atoms with Crippen molar-refractivity contribution in [2.24, 2.45) is 34.8 Å². The van der Waals surface area contributed by atoms with Crippen LogP contribution in [0, 0.1) is 11.8 Å². The third-order valence-corrected chi connectivity index (χ3v) is 19.6. The fourth-order valence-electron chi connectivity index (χ4n) is 13.8. The summed E-state index contributed by atoms with van der Waals surface area (Å²) in [5, 5.41) is 46.4. The molecular formula is C75H107N13O12. The molecule has 4 unspecified atom stereocenters. The van der Waals surface area contributed by atoms with E-state index < -0.39 is 131 Å². The third kappa shape index (κ3) is 24.8. The fraction of sp³-hybridized carbons (Fsp3) is 0.547. The first-order chi connectivity index (χ1) is 48.3. The lowest BCUT2D eigenvalue weighted by atomic mass is 9.80. The largest absolute Gasteiger partial charge is 0.508 e. The molecule has 19 N–H and O–H groups in total. The number of amides is 9. The number of benzene rings is 4. The van der Waals surface area contributed by atoms with E-state index in [1.54, 1.807) is 54.6 Å². The fourth-order valence-corrected chi connectivity index (χ4v) is 13.8. The summed E-state index contributed by atoms with van der Waals surface area (Å²) in [4.78, 5) is 144. The number of phenolic OH excluding ortho intramolecular Hbond substituents is 1. The SMILES string of the molecule is NCCCC[C@H](NC(=O)[C@H](Cc1ccccc1)NC(=O)C1(NC(=O)[C@H](CCCCN)NC(=O)[C@H](Cc2ccccc2)NC(=O)C2CCCCC2NC(=O)[C@H](CCCCN)NC(=O)[C@H](Cc2ccccc2)NC(=O)C2CCCCC2NC(=O)[C@@H](N)Cc2ccc(O)cc2)CCCCC1)C(=O)O. The van der Waals surface area contributed by atoms with Crippen LogP contribution in [0.2, 0.25) is 0 Å². The van der Waals surface area contributed by atoms with Crippen LogP contribution in [0.15, 0.2) is 115 Å². The van der Waals surface area contributed by atoms with E-state index >= 15 is 4.79 Å². The molecule has 0 aliphatic heterocycles. The van der Waals surface area contributed by atoms with E-state index in [0.717, 1.165) is 24.0 Å². The Morgan fingerprint density at radius 2 is 0.780 bits per heavy atom. The first-order valence-electron chi connectivity index (χ1n) is 36.0. The van der Waals surface area contributed by atoms with Crippen LogP contribution < -0.4 is 70.8 Å². The second-order valence-electron chi connectivity index (χ2n) is 27.2. The van der Waals surface area contributed by atoms with Gasteiger partial charge in [-0.25, -0.2) is 4.79 Å². The molecule has 0 heterocycles. The van der Waals surface area contributed by atoms with Gasteiger partial charge in [0.05, 0.1) is 17.9 Å². The number of nitrogens with one attached hydrogen (secondary N) is 9. The number of hydrogen-bond acceptors (Lipinski definition) is 15. The van der Waals surface area contributed by atoms with Crippen molar-refractivity contribution >= 4 is 59.1 Å². The van der Waals surface area contributed by atoms with Crippen molar-refractivity contribution in [1.82, 2.24) is 47.9 Å². The minimum absolute atomic E-state index is 0.00842. The molecule has 544 valence electrons. The Balaban J connectivity index is 1.07. The van der Waals surface area contributed by atoms with Crippen molar-refractivity contribution in [3.63, 3.8) is 0 Å². The normalized spacial score (nSPS) is 19.4. The Hall–Kier alpha value is -8.78. The Labute approximate surface area is 587 Å². The van der Waals surface area contributed by atoms with Crippen LogP contribution in [-0.4, -0.2) is 149 Å². The van der Waals surface area contributed by atoms with Crippen LogP contribution in [0.3, 0.4) is 0 Å². The maximum Gasteiger partial charge on any atom is 0.326 e. The Kier molecular flexibility index (Phi) is 32.3. The van der Waals surface area contributed by atoms with Crippen molar-refractivity contribution < 1.29 is 58.2 Å². The highest BCUT2D eigenvalue weighted by Crippen LogP contribution is 2.31. The molecular weight excluding hydrogens is 1270 g/mol. The van der Waals surface area contributed by atoms with Gasteiger partial charge in [0.2, 0.25) is 53.2 Å². The molecule has 0 radical (unpaired) electrons. The third-order valence-electron chi connectivity index (χ3n) is 19.6. The molecule has 3 saturated carbocycles. The monoisotopic (exact) mass is 1380 g/mol. The van der Waals surface area contributed by atoms with Gasteiger partial charge in [-0.2, -0.15) is 0 Å². The number of unbranched alkanes of at least 4 members (excludes halogenated alkanes) is 3. The van der Waals surface area contributed by atoms with Crippen molar-refractivity contribution in [2.45, 2.75) is 227 Å². The standard InChI is InChI=1S/C75H107N13O12/c76-42-20-15-33-59(82-69(94)62(46-49-23-5-1-6-24-49)85-65(90)54-29-11-13-31-57(54)80-67(92)56(79)45-52-36-38-53(89)39-37-52)68(93)81-58-32-14-12-30-55(58)66(91)86-63(47-50-25-7-2-8-26-50)70(95)83-60(34-16-21-43-77)72(97)88-75(40-18-4-19-41-75)74(100)87-64(48-51-27-9-3-10-28-51)71(96)84-61(73(98)99)35-17-22-44-78/h1-3,5-10,23-28,36-39,54-64,89H,4,11-22,29-35,40-48,76-79H2,(H,80,92)(H,81,93)(H,82,94)(H,83,95)(H,84,96)(H,85,90)(H,86,91)(H,87,100)(H,88,97)(H,98,99)/t54?,55?,56-,57?,58?,59-,60-,61-,62-,63-,64-/m0/s1. The van der Waals surface area contributed by atoms with Crippen molar-refractivity contribution in [3.8, 4) is 5.75 Å². The lowest BCUT2D eigenvalue weighted by molar-refractivity contribution is -0.143. The summed E-state index contributed by atoms with van der Waals surface area (Å²) in [7, 11) is 0. The Bertz CT molecular complexity index is 3270. The molecule has 0 bridgehead atoms. The number of hydrogen-bond donors (Lipinski definition) is 15. The molecule has 7 rings (SSSR count). The number of rotatable bonds is 39. The molecule has 11 atom stereocenters. The summed E-state index contributed by atoms with van der Waals surface area (Å²) < 4.78 is 0. The summed E-state index contributed by atoms with van der Waals surface area (Å²) >= 11 is 0. The zero-order valence-electron chi connectivity index (χ0n) is 57.6. The van der Waals surface area contributed by atoms with Gasteiger partial charge in [0.1, 0.15) is 47.5 Å². The van der Waals surface area contributed by atoms with E-state index in [1.165, 1.54) is 12.1 Å². The number of aromatic hydroxyl groups is 1. The average Bonchev–Trinajstić information content (AvgIpc) is 0.791. The maximum atomic E-state index is 15.0. The van der Waals surface area contributed by atoms with Gasteiger partial charge in [0, 0.05) is 31.3 Å². The van der Waals surface area contributed by atoms with Crippen LogP contribution in [0.5, 0.6) is 5.75 Å². The number of phenols is 1. The van der Waals surface area contributed by atoms with Crippen molar-refractivity contribution in [3.05, 3.63) is 138 Å². The summed E-state index contributed by atoms with van der Waals surface area (Å²) in [6, 6.07) is 24.0. The van der Waals surface area contributed by atoms with Crippen molar-refractivity contribution in [1.29, 1.82) is 0 Å². The van der Waals surface area contributed by atoms with E-state index in [2.05, 4.69) is 47.9 Å². The van der Waals surface area contributed by atoms with Gasteiger partial charge in [-0.05, 0) is 157 Å². The zero-order chi connectivity index (χ0) is 71.8. The van der Waals surface area contributed by atoms with Crippen LogP contribution >= 0.6 is 0 Å². The molecule has 25 nitrogen and oxygen atoms in total. The van der Waals surface area contributed by atoms with E-state index in [9.17, 15) is 53.4 Å². The van der Waals surface area contributed by atoms with Gasteiger partial charge in [0.15, 0.2) is 0 Å². The van der Waals surface area contributed by atoms with Crippen molar-refractivity contribution in [2.75, 3.05) is 19.6 Å². The second kappa shape index (κ2) is 41.1. The smallest absolute Gasteiger partial charge is 0.326 e. The van der Waals surface area contributed by atoms with E-state index in [-0.39, 0.29) is 63.5 Å². The molecule has 4 aromatic rings. The lowest BCUT2D eigenvalue weighted by Crippen LogP contribution is -2.66. The molecule has 0 spiro atoms. The minimum Gasteiger partial charge on any atom is -0.508 e. The topological polar surface area (TPSA) is 424 Å². The molecule has 3 fully saturated rings. The van der Waals surface area contributed by atoms with Gasteiger partial charge in [0.25, 0.3) is 0 Å². The van der Waals surface area contributed by atoms with Crippen LogP contribution in [0.25, 0.3) is 0 Å². The average molecular weight is 1380 g/mol. The maximum absolute atomic E-state index is 15.0. The van der Waals surface area contributed by atoms with Crippen LogP contribution in [0.4, 0.5) is 0 Å². The quantitative estimate of drug-likeness (QED) is 0.0284. The van der Waals surface area contributed by atoms with E-state index in [1.807, 2.05) is 48.5 Å². The zero-order valence-corrected chi connectivity index (χ0v) is 57.6. The predicted molar refractivity (Wildman–Crippen MR) is 380 cm³/mol. The molecule has 4 aromatic carbocycles. The molecule has 0 aromatic heterocycles. The highest BCUT2D eigenvalue weighted by molar-refractivity contribution is 5.99. The summed E-state index contributed by atoms with van der Waals surface area (Å²) in [6.45, 7) is 0.962. The lowest BCUT2D eigenvalue weighted by Gasteiger charge is -2.39. The van der Waals surface area contributed by atoms with E-state index in [0.29, 0.717) is 127 Å². The van der Waals surface area contributed by atoms with Crippen LogP contribution in [0.1, 0.15) is 164 Å². The van der Waals surface area contributed by atoms with Gasteiger partial charge in [-0.1, -0.05) is 148 Å². The van der Waals surface area contributed by atoms with Gasteiger partial charge in [-0.3, -0.25) is 43.2 Å². The summed E-state index contributed by atoms with van der Waals surface area (Å²) in [5.74, 6) is -7.95. The molecule has 100 heavy (non-hydrogen) atoms. The predicted octanol–water partition coefficient (Wildman–Crippen LogP) is 3.54. The molecule has 9 amide bonds. The first kappa shape index (κ1) is 78.6. The van der Waals surface area contributed by atoms with Gasteiger partial charge < -0.3 is 81.0 Å². The highest BCUT2D eigenvalue weighted by Gasteiger charge is 2.45. The summed E-state index contributed by atoms with van der Waals surface area (Å²) in [6.07, 6.45) is 10.3.